The maximum Gasteiger partial charge on any atom is 0.303 e. The third kappa shape index (κ3) is 13.9. The van der Waals surface area contributed by atoms with Crippen molar-refractivity contribution in [2.75, 3.05) is 7.05 Å². The highest BCUT2D eigenvalue weighted by Crippen LogP contribution is 2.43. The van der Waals surface area contributed by atoms with Crippen LogP contribution < -0.4 is 5.73 Å². The first kappa shape index (κ1) is 37.9. The lowest BCUT2D eigenvalue weighted by Crippen LogP contribution is -2.35. The number of carbonyl (C=O) groups excluding carboxylic acids is 2. The van der Waals surface area contributed by atoms with Gasteiger partial charge in [-0.1, -0.05) is 88.7 Å². The van der Waals surface area contributed by atoms with E-state index in [4.69, 9.17) is 14.9 Å². The van der Waals surface area contributed by atoms with Crippen LogP contribution in [0.25, 0.3) is 0 Å². The number of aryl methyl sites for hydroxylation is 2. The van der Waals surface area contributed by atoms with Crippen LogP contribution in [0.5, 0.6) is 0 Å². The van der Waals surface area contributed by atoms with E-state index < -0.39 is 5.97 Å². The van der Waals surface area contributed by atoms with Gasteiger partial charge in [0, 0.05) is 18.9 Å². The van der Waals surface area contributed by atoms with Crippen LogP contribution in [-0.2, 0) is 20.8 Å². The highest BCUT2D eigenvalue weighted by molar-refractivity contribution is 6.45. The van der Waals surface area contributed by atoms with Crippen LogP contribution in [0.2, 0.25) is 0 Å². The predicted octanol–water partition coefficient (Wildman–Crippen LogP) is 7.59. The molecule has 6 nitrogen and oxygen atoms in total. The quantitative estimate of drug-likeness (QED) is 0.336. The topological polar surface area (TPSA) is 110 Å². The lowest BCUT2D eigenvalue weighted by atomic mass is 9.68. The molecule has 2 aromatic rings. The molecule has 0 unspecified atom stereocenters. The largest absolute Gasteiger partial charge is 0.481 e. The van der Waals surface area contributed by atoms with Gasteiger partial charge in [-0.2, -0.15) is 0 Å². The van der Waals surface area contributed by atoms with Gasteiger partial charge in [-0.3, -0.25) is 14.6 Å². The monoisotopic (exact) mass is 566 g/mol. The van der Waals surface area contributed by atoms with Gasteiger partial charge in [-0.15, -0.1) is 0 Å². The van der Waals surface area contributed by atoms with Crippen molar-refractivity contribution in [3.63, 3.8) is 0 Å². The van der Waals surface area contributed by atoms with E-state index in [2.05, 4.69) is 66.3 Å². The molecule has 0 radical (unpaired) electrons. The van der Waals surface area contributed by atoms with E-state index in [0.29, 0.717) is 23.5 Å². The Hall–Kier alpha value is -3.12. The van der Waals surface area contributed by atoms with Crippen molar-refractivity contribution in [1.82, 2.24) is 0 Å². The first-order chi connectivity index (χ1) is 19.2. The summed E-state index contributed by atoms with van der Waals surface area (Å²) in [6.45, 7) is 19.2. The van der Waals surface area contributed by atoms with Crippen molar-refractivity contribution < 1.29 is 19.5 Å². The molecule has 2 aromatic carbocycles. The Balaban J connectivity index is 0.000000761. The van der Waals surface area contributed by atoms with Gasteiger partial charge in [0.25, 0.3) is 0 Å². The van der Waals surface area contributed by atoms with Gasteiger partial charge >= 0.3 is 5.97 Å². The van der Waals surface area contributed by atoms with E-state index in [0.717, 1.165) is 29.9 Å². The fourth-order valence-electron chi connectivity index (χ4n) is 4.87. The first-order valence-electron chi connectivity index (χ1n) is 14.6. The van der Waals surface area contributed by atoms with E-state index in [1.54, 1.807) is 6.92 Å². The number of aliphatic imine (C=N–C) groups is 1. The molecule has 41 heavy (non-hydrogen) atoms. The van der Waals surface area contributed by atoms with Crippen molar-refractivity contribution in [3.8, 4) is 0 Å². The zero-order valence-electron chi connectivity index (χ0n) is 26.9. The first-order valence-corrected chi connectivity index (χ1v) is 14.6. The number of aliphatic carboxylic acids is 1. The minimum Gasteiger partial charge on any atom is -0.481 e. The number of hydrogen-bond acceptors (Lipinski definition) is 5. The van der Waals surface area contributed by atoms with Gasteiger partial charge in [0.15, 0.2) is 5.78 Å². The molecular weight excluding hydrogens is 512 g/mol. The Kier molecular flexibility index (Phi) is 16.9. The van der Waals surface area contributed by atoms with Crippen molar-refractivity contribution in [3.05, 3.63) is 70.8 Å². The van der Waals surface area contributed by atoms with Crippen LogP contribution in [0.15, 0.2) is 53.5 Å². The third-order valence-electron chi connectivity index (χ3n) is 7.60. The molecule has 3 N–H and O–H groups in total. The summed E-state index contributed by atoms with van der Waals surface area (Å²) in [4.78, 5) is 35.4. The minimum absolute atomic E-state index is 0.0630. The Morgan fingerprint density at radius 1 is 1.00 bits per heavy atom. The second-order valence-electron chi connectivity index (χ2n) is 12.3. The number of nitrogens with two attached hydrogens (primary N) is 1. The molecule has 0 aromatic heterocycles. The zero-order chi connectivity index (χ0) is 31.8. The lowest BCUT2D eigenvalue weighted by Gasteiger charge is -2.40. The molecule has 0 spiro atoms. The summed E-state index contributed by atoms with van der Waals surface area (Å²) in [5, 5.41) is 8.52. The molecule has 1 aliphatic carbocycles. The average molecular weight is 567 g/mol. The summed E-state index contributed by atoms with van der Waals surface area (Å²) in [7, 11) is 1.50. The highest BCUT2D eigenvalue weighted by Gasteiger charge is 2.36. The Morgan fingerprint density at radius 2 is 1.49 bits per heavy atom. The Labute approximate surface area is 248 Å². The molecule has 1 saturated carbocycles. The molecule has 0 amide bonds. The zero-order valence-corrected chi connectivity index (χ0v) is 26.9. The Morgan fingerprint density at radius 3 is 1.88 bits per heavy atom. The number of rotatable bonds is 7. The van der Waals surface area contributed by atoms with Crippen molar-refractivity contribution in [2.45, 2.75) is 105 Å². The third-order valence-corrected chi connectivity index (χ3v) is 7.60. The van der Waals surface area contributed by atoms with Crippen molar-refractivity contribution >= 4 is 24.3 Å². The Bertz CT molecular complexity index is 1070. The normalized spacial score (nSPS) is 18.5. The van der Waals surface area contributed by atoms with Crippen molar-refractivity contribution in [2.24, 2.45) is 22.1 Å². The molecule has 1 aliphatic rings. The van der Waals surface area contributed by atoms with Crippen LogP contribution in [0.3, 0.4) is 0 Å². The van der Waals surface area contributed by atoms with Gasteiger partial charge in [0.05, 0.1) is 5.54 Å². The summed E-state index contributed by atoms with van der Waals surface area (Å²) >= 11 is 0. The molecule has 0 heterocycles. The standard InChI is InChI=1S/C21H31NO.C12H16O2.CH5N.CH2O/c1-15-7-9-17(10-8-15)19(16(2)23)22-21(6)13-11-18(12-14-21)20(3,4)5;1-9(2)11-6-3-10(4-7-11)5-8-12(13)14;2*1-2/h7-10,18H,11-14H2,1-6H3;3-4,6-7,9H,5,8H2,1-2H3,(H,13,14);2H2,1H3;1H2. The number of carbonyl (C=O) groups is 3. The molecule has 0 bridgehead atoms. The number of carboxylic acids is 1. The number of ketones is 1. The SMILES string of the molecule is C=O.CC(=O)C(=NC1(C)CCC(C(C)(C)C)CC1)c1ccc(C)cc1.CC(C)c1ccc(CCC(=O)O)cc1.CN. The fourth-order valence-corrected chi connectivity index (χ4v) is 4.87. The summed E-state index contributed by atoms with van der Waals surface area (Å²) < 4.78 is 0. The number of benzene rings is 2. The van der Waals surface area contributed by atoms with Gasteiger partial charge in [-0.05, 0) is 81.4 Å². The van der Waals surface area contributed by atoms with Gasteiger partial charge in [-0.25, -0.2) is 0 Å². The van der Waals surface area contributed by atoms with Gasteiger partial charge in [0.2, 0.25) is 0 Å². The highest BCUT2D eigenvalue weighted by atomic mass is 16.4. The van der Waals surface area contributed by atoms with E-state index in [1.807, 2.05) is 43.2 Å². The molecular formula is C35H54N2O4. The van der Waals surface area contributed by atoms with Gasteiger partial charge < -0.3 is 15.6 Å². The maximum atomic E-state index is 12.1. The van der Waals surface area contributed by atoms with E-state index in [9.17, 15) is 9.59 Å². The molecule has 0 aliphatic heterocycles. The number of carboxylic acid groups (broad SMARTS) is 1. The molecule has 228 valence electrons. The minimum atomic E-state index is -0.738. The van der Waals surface area contributed by atoms with E-state index >= 15 is 0 Å². The number of Topliss-reactive ketones (excluding diaryl/α,β-unsaturated/α-hetero) is 1. The van der Waals surface area contributed by atoms with E-state index in [1.165, 1.54) is 31.0 Å². The summed E-state index contributed by atoms with van der Waals surface area (Å²) in [5.74, 6) is 0.611. The molecule has 6 heteroatoms. The van der Waals surface area contributed by atoms with Crippen molar-refractivity contribution in [1.29, 1.82) is 0 Å². The maximum absolute atomic E-state index is 12.1. The number of hydrogen-bond donors (Lipinski definition) is 2. The van der Waals surface area contributed by atoms with E-state index in [-0.39, 0.29) is 17.7 Å². The van der Waals surface area contributed by atoms with Crippen LogP contribution in [0.1, 0.15) is 109 Å². The summed E-state index contributed by atoms with van der Waals surface area (Å²) in [5.41, 5.74) is 9.94. The molecule has 3 rings (SSSR count). The van der Waals surface area contributed by atoms with Gasteiger partial charge in [0.1, 0.15) is 12.5 Å². The van der Waals surface area contributed by atoms with Crippen LogP contribution in [-0.4, -0.2) is 41.9 Å². The summed E-state index contributed by atoms with van der Waals surface area (Å²) in [6, 6.07) is 16.3. The lowest BCUT2D eigenvalue weighted by molar-refractivity contribution is -0.137. The second-order valence-corrected chi connectivity index (χ2v) is 12.3. The number of nitrogens with zero attached hydrogens (tertiary/aromatic N) is 1. The molecule has 0 saturated heterocycles. The fraction of sp³-hybridized carbons (Fsp3) is 0.543. The molecule has 1 fully saturated rings. The smallest absolute Gasteiger partial charge is 0.303 e. The molecule has 0 atom stereocenters. The second kappa shape index (κ2) is 18.3. The van der Waals surface area contributed by atoms with Crippen LogP contribution in [0.4, 0.5) is 0 Å². The predicted molar refractivity (Wildman–Crippen MR) is 172 cm³/mol. The summed E-state index contributed by atoms with van der Waals surface area (Å²) in [6.07, 6.45) is 5.36. The van der Waals surface area contributed by atoms with Crippen LogP contribution >= 0.6 is 0 Å². The van der Waals surface area contributed by atoms with Crippen LogP contribution in [0, 0.1) is 18.3 Å². The average Bonchev–Trinajstić information content (AvgIpc) is 2.93.